The molecule has 15 heavy (non-hydrogen) atoms. The van der Waals surface area contributed by atoms with Crippen molar-refractivity contribution in [3.05, 3.63) is 0 Å². The summed E-state index contributed by atoms with van der Waals surface area (Å²) in [5, 5.41) is 9.07. The molecule has 0 aromatic carbocycles. The van der Waals surface area contributed by atoms with Gasteiger partial charge in [0.1, 0.15) is 6.04 Å². The van der Waals surface area contributed by atoms with Crippen LogP contribution in [0.5, 0.6) is 0 Å². The number of ether oxygens (including phenoxy) is 1. The second-order valence-electron chi connectivity index (χ2n) is 4.22. The first-order valence-electron chi connectivity index (χ1n) is 5.64. The molecule has 1 saturated heterocycles. The first kappa shape index (κ1) is 12.5. The molecule has 4 nitrogen and oxygen atoms in total. The fourth-order valence-corrected chi connectivity index (χ4v) is 2.34. The zero-order chi connectivity index (χ0) is 11.3. The molecular weight excluding hydrogens is 194 g/mol. The van der Waals surface area contributed by atoms with E-state index < -0.39 is 5.97 Å². The first-order chi connectivity index (χ1) is 7.19. The summed E-state index contributed by atoms with van der Waals surface area (Å²) in [6.45, 7) is 4.44. The van der Waals surface area contributed by atoms with Crippen molar-refractivity contribution < 1.29 is 14.6 Å². The van der Waals surface area contributed by atoms with Gasteiger partial charge in [-0.3, -0.25) is 9.69 Å². The van der Waals surface area contributed by atoms with Gasteiger partial charge in [0.15, 0.2) is 0 Å². The lowest BCUT2D eigenvalue weighted by Gasteiger charge is -2.35. The molecule has 2 atom stereocenters. The molecule has 1 rings (SSSR count). The average molecular weight is 215 g/mol. The fourth-order valence-electron chi connectivity index (χ4n) is 2.34. The number of carboxylic acid groups (broad SMARTS) is 1. The van der Waals surface area contributed by atoms with Gasteiger partial charge in [0.05, 0.1) is 6.61 Å². The Morgan fingerprint density at radius 3 is 2.93 bits per heavy atom. The highest BCUT2D eigenvalue weighted by molar-refractivity contribution is 5.73. The minimum atomic E-state index is -0.699. The average Bonchev–Trinajstić information content (AvgIpc) is 2.19. The SMILES string of the molecule is CC[C@@H](C(=O)O)N1CCC[C@@H](COC)C1. The smallest absolute Gasteiger partial charge is 0.320 e. The minimum Gasteiger partial charge on any atom is -0.480 e. The minimum absolute atomic E-state index is 0.315. The normalized spacial score (nSPS) is 25.1. The molecule has 0 aromatic rings. The molecule has 0 amide bonds. The summed E-state index contributed by atoms with van der Waals surface area (Å²) in [4.78, 5) is 13.1. The summed E-state index contributed by atoms with van der Waals surface area (Å²) in [6.07, 6.45) is 2.91. The summed E-state index contributed by atoms with van der Waals surface area (Å²) in [5.41, 5.74) is 0. The lowest BCUT2D eigenvalue weighted by atomic mass is 9.97. The summed E-state index contributed by atoms with van der Waals surface area (Å²) in [6, 6.07) is -0.315. The predicted molar refractivity (Wildman–Crippen MR) is 57.9 cm³/mol. The van der Waals surface area contributed by atoms with Gasteiger partial charge in [-0.05, 0) is 31.7 Å². The third kappa shape index (κ3) is 3.47. The molecule has 0 unspecified atom stereocenters. The monoisotopic (exact) mass is 215 g/mol. The van der Waals surface area contributed by atoms with Gasteiger partial charge < -0.3 is 9.84 Å². The molecule has 0 aliphatic carbocycles. The number of carbonyl (C=O) groups is 1. The van der Waals surface area contributed by atoms with Crippen LogP contribution in [-0.2, 0) is 9.53 Å². The number of likely N-dealkylation sites (tertiary alicyclic amines) is 1. The summed E-state index contributed by atoms with van der Waals surface area (Å²) in [5.74, 6) is -0.201. The van der Waals surface area contributed by atoms with Gasteiger partial charge in [-0.15, -0.1) is 0 Å². The van der Waals surface area contributed by atoms with E-state index >= 15 is 0 Å². The van der Waals surface area contributed by atoms with E-state index in [1.165, 1.54) is 0 Å². The Labute approximate surface area is 91.2 Å². The second-order valence-corrected chi connectivity index (χ2v) is 4.22. The summed E-state index contributed by atoms with van der Waals surface area (Å²) < 4.78 is 5.13. The van der Waals surface area contributed by atoms with Gasteiger partial charge in [0.25, 0.3) is 0 Å². The van der Waals surface area contributed by atoms with Crippen LogP contribution in [0.1, 0.15) is 26.2 Å². The van der Waals surface area contributed by atoms with Gasteiger partial charge in [-0.25, -0.2) is 0 Å². The van der Waals surface area contributed by atoms with E-state index in [1.54, 1.807) is 7.11 Å². The molecule has 0 saturated carbocycles. The molecule has 1 fully saturated rings. The highest BCUT2D eigenvalue weighted by atomic mass is 16.5. The Kier molecular flexibility index (Phi) is 5.05. The Morgan fingerprint density at radius 2 is 2.40 bits per heavy atom. The van der Waals surface area contributed by atoms with E-state index in [9.17, 15) is 4.79 Å². The number of carboxylic acids is 1. The number of rotatable bonds is 5. The summed E-state index contributed by atoms with van der Waals surface area (Å²) in [7, 11) is 1.70. The third-order valence-electron chi connectivity index (χ3n) is 3.07. The number of hydrogen-bond acceptors (Lipinski definition) is 3. The van der Waals surface area contributed by atoms with Crippen LogP contribution in [0.2, 0.25) is 0 Å². The zero-order valence-electron chi connectivity index (χ0n) is 9.61. The highest BCUT2D eigenvalue weighted by Gasteiger charge is 2.28. The van der Waals surface area contributed by atoms with Crippen LogP contribution < -0.4 is 0 Å². The molecule has 4 heteroatoms. The number of aliphatic carboxylic acids is 1. The van der Waals surface area contributed by atoms with Crippen molar-refractivity contribution in [2.45, 2.75) is 32.2 Å². The van der Waals surface area contributed by atoms with E-state index in [0.717, 1.165) is 32.5 Å². The maximum absolute atomic E-state index is 11.0. The lowest BCUT2D eigenvalue weighted by Crippen LogP contribution is -2.47. The van der Waals surface area contributed by atoms with E-state index in [4.69, 9.17) is 9.84 Å². The number of piperidine rings is 1. The van der Waals surface area contributed by atoms with Crippen LogP contribution in [-0.4, -0.2) is 48.8 Å². The van der Waals surface area contributed by atoms with Crippen molar-refractivity contribution in [2.24, 2.45) is 5.92 Å². The van der Waals surface area contributed by atoms with Crippen LogP contribution in [0, 0.1) is 5.92 Å². The molecule has 0 radical (unpaired) electrons. The number of nitrogens with zero attached hydrogens (tertiary/aromatic N) is 1. The maximum atomic E-state index is 11.0. The van der Waals surface area contributed by atoms with Crippen LogP contribution in [0.3, 0.4) is 0 Å². The largest absolute Gasteiger partial charge is 0.480 e. The lowest BCUT2D eigenvalue weighted by molar-refractivity contribution is -0.144. The maximum Gasteiger partial charge on any atom is 0.320 e. The second kappa shape index (κ2) is 6.08. The van der Waals surface area contributed by atoms with Gasteiger partial charge in [0.2, 0.25) is 0 Å². The first-order valence-corrected chi connectivity index (χ1v) is 5.64. The Bertz CT molecular complexity index is 206. The number of hydrogen-bond donors (Lipinski definition) is 1. The van der Waals surface area contributed by atoms with Crippen molar-refractivity contribution in [3.63, 3.8) is 0 Å². The Balaban J connectivity index is 2.50. The van der Waals surface area contributed by atoms with Gasteiger partial charge in [-0.2, -0.15) is 0 Å². The van der Waals surface area contributed by atoms with Crippen LogP contribution in [0.4, 0.5) is 0 Å². The molecule has 1 aliphatic rings. The molecule has 1 heterocycles. The van der Waals surface area contributed by atoms with E-state index in [0.29, 0.717) is 12.3 Å². The van der Waals surface area contributed by atoms with Gasteiger partial charge in [-0.1, -0.05) is 6.92 Å². The van der Waals surface area contributed by atoms with Gasteiger partial charge in [0, 0.05) is 13.7 Å². The Hall–Kier alpha value is -0.610. The van der Waals surface area contributed by atoms with Crippen molar-refractivity contribution in [1.29, 1.82) is 0 Å². The van der Waals surface area contributed by atoms with Crippen molar-refractivity contribution in [2.75, 3.05) is 26.8 Å². The van der Waals surface area contributed by atoms with Crippen molar-refractivity contribution >= 4 is 5.97 Å². The molecule has 0 bridgehead atoms. The Morgan fingerprint density at radius 1 is 1.67 bits per heavy atom. The quantitative estimate of drug-likeness (QED) is 0.749. The highest BCUT2D eigenvalue weighted by Crippen LogP contribution is 2.19. The zero-order valence-corrected chi connectivity index (χ0v) is 9.61. The van der Waals surface area contributed by atoms with E-state index in [-0.39, 0.29) is 6.04 Å². The standard InChI is InChI=1S/C11H21NO3/c1-3-10(11(13)14)12-6-4-5-9(7-12)8-15-2/h9-10H,3-8H2,1-2H3,(H,13,14)/t9-,10+/m1/s1. The molecule has 0 aromatic heterocycles. The molecule has 0 spiro atoms. The molecule has 88 valence electrons. The van der Waals surface area contributed by atoms with Crippen molar-refractivity contribution in [1.82, 2.24) is 4.90 Å². The predicted octanol–water partition coefficient (Wildman–Crippen LogP) is 1.21. The number of methoxy groups -OCH3 is 1. The van der Waals surface area contributed by atoms with Gasteiger partial charge >= 0.3 is 5.97 Å². The fraction of sp³-hybridized carbons (Fsp3) is 0.909. The van der Waals surface area contributed by atoms with Crippen LogP contribution >= 0.6 is 0 Å². The van der Waals surface area contributed by atoms with E-state index in [2.05, 4.69) is 4.90 Å². The third-order valence-corrected chi connectivity index (χ3v) is 3.07. The van der Waals surface area contributed by atoms with Crippen molar-refractivity contribution in [3.8, 4) is 0 Å². The molecule has 1 aliphatic heterocycles. The van der Waals surface area contributed by atoms with Crippen LogP contribution in [0.25, 0.3) is 0 Å². The molecular formula is C11H21NO3. The summed E-state index contributed by atoms with van der Waals surface area (Å²) >= 11 is 0. The topological polar surface area (TPSA) is 49.8 Å². The van der Waals surface area contributed by atoms with E-state index in [1.807, 2.05) is 6.92 Å². The molecule has 1 N–H and O–H groups in total. The van der Waals surface area contributed by atoms with Crippen LogP contribution in [0.15, 0.2) is 0 Å².